The number of rotatable bonds is 8. The number of aliphatic imine (C=N–C) groups is 1. The molecule has 0 aliphatic carbocycles. The molecule has 2 amide bonds. The van der Waals surface area contributed by atoms with E-state index in [1.807, 2.05) is 45.0 Å². The van der Waals surface area contributed by atoms with Gasteiger partial charge in [0.15, 0.2) is 11.7 Å². The molecule has 1 aromatic carbocycles. The first-order valence-corrected chi connectivity index (χ1v) is 10.1. The standard InChI is InChI=1S/C22H31N5O4.HI/c1-22(2,3)31-21(29)27-17-9-7-16(8-10-17)11-12-25-20(23-4)26-14-13-24-19(28)18-6-5-15-30-18;/h5-10,15H,11-14H2,1-4H3,(H,24,28)(H,27,29)(H2,23,25,26);1H. The third-order valence-electron chi connectivity index (χ3n) is 3.98. The SMILES string of the molecule is CN=C(NCCNC(=O)c1ccco1)NCCc1ccc(NC(=O)OC(C)(C)C)cc1.I. The Morgan fingerprint density at radius 1 is 1.00 bits per heavy atom. The van der Waals surface area contributed by atoms with Gasteiger partial charge in [-0.15, -0.1) is 24.0 Å². The molecule has 0 radical (unpaired) electrons. The van der Waals surface area contributed by atoms with Gasteiger partial charge in [0.25, 0.3) is 5.91 Å². The summed E-state index contributed by atoms with van der Waals surface area (Å²) in [6.07, 6.45) is 1.77. The van der Waals surface area contributed by atoms with E-state index in [9.17, 15) is 9.59 Å². The van der Waals surface area contributed by atoms with Crippen molar-refractivity contribution >= 4 is 47.6 Å². The van der Waals surface area contributed by atoms with Crippen molar-refractivity contribution in [2.24, 2.45) is 4.99 Å². The molecule has 2 rings (SSSR count). The minimum absolute atomic E-state index is 0. The topological polar surface area (TPSA) is 117 Å². The van der Waals surface area contributed by atoms with Crippen LogP contribution in [0.1, 0.15) is 36.9 Å². The molecule has 176 valence electrons. The first kappa shape index (κ1) is 27.3. The molecule has 0 aliphatic rings. The third kappa shape index (κ3) is 10.5. The third-order valence-corrected chi connectivity index (χ3v) is 3.98. The zero-order valence-corrected chi connectivity index (χ0v) is 21.2. The Hall–Kier alpha value is -2.76. The van der Waals surface area contributed by atoms with Gasteiger partial charge in [0.2, 0.25) is 0 Å². The number of amides is 2. The number of furan rings is 1. The molecule has 10 heteroatoms. The van der Waals surface area contributed by atoms with Crippen LogP contribution >= 0.6 is 24.0 Å². The number of ether oxygens (including phenoxy) is 1. The summed E-state index contributed by atoms with van der Waals surface area (Å²) < 4.78 is 10.3. The minimum Gasteiger partial charge on any atom is -0.459 e. The molecule has 0 atom stereocenters. The molecule has 1 aromatic heterocycles. The van der Waals surface area contributed by atoms with Crippen molar-refractivity contribution in [2.45, 2.75) is 32.8 Å². The van der Waals surface area contributed by atoms with E-state index in [0.717, 1.165) is 12.0 Å². The highest BCUT2D eigenvalue weighted by Gasteiger charge is 2.16. The first-order chi connectivity index (χ1) is 14.8. The zero-order chi connectivity index (χ0) is 22.7. The van der Waals surface area contributed by atoms with Crippen LogP contribution in [0.25, 0.3) is 0 Å². The second-order valence-electron chi connectivity index (χ2n) is 7.73. The molecular weight excluding hydrogens is 525 g/mol. The van der Waals surface area contributed by atoms with Gasteiger partial charge < -0.3 is 25.1 Å². The molecule has 0 spiro atoms. The lowest BCUT2D eigenvalue weighted by atomic mass is 10.1. The molecule has 0 saturated carbocycles. The lowest BCUT2D eigenvalue weighted by molar-refractivity contribution is 0.0635. The quantitative estimate of drug-likeness (QED) is 0.171. The molecule has 0 saturated heterocycles. The van der Waals surface area contributed by atoms with Gasteiger partial charge in [0, 0.05) is 32.4 Å². The zero-order valence-electron chi connectivity index (χ0n) is 18.9. The van der Waals surface area contributed by atoms with Gasteiger partial charge in [-0.2, -0.15) is 0 Å². The fraction of sp³-hybridized carbons (Fsp3) is 0.409. The molecule has 0 unspecified atom stereocenters. The van der Waals surface area contributed by atoms with Gasteiger partial charge in [-0.1, -0.05) is 12.1 Å². The van der Waals surface area contributed by atoms with E-state index < -0.39 is 11.7 Å². The number of halogens is 1. The van der Waals surface area contributed by atoms with Gasteiger partial charge in [0.05, 0.1) is 6.26 Å². The maximum absolute atomic E-state index is 11.8. The van der Waals surface area contributed by atoms with Crippen LogP contribution in [-0.4, -0.2) is 50.2 Å². The molecule has 0 fully saturated rings. The minimum atomic E-state index is -0.534. The summed E-state index contributed by atoms with van der Waals surface area (Å²) in [6, 6.07) is 10.9. The van der Waals surface area contributed by atoms with Crippen LogP contribution in [-0.2, 0) is 11.2 Å². The summed E-state index contributed by atoms with van der Waals surface area (Å²) in [5, 5.41) is 11.8. The van der Waals surface area contributed by atoms with E-state index in [1.54, 1.807) is 19.2 Å². The number of anilines is 1. The van der Waals surface area contributed by atoms with Crippen LogP contribution in [0.4, 0.5) is 10.5 Å². The molecule has 2 aromatic rings. The molecule has 4 N–H and O–H groups in total. The summed E-state index contributed by atoms with van der Waals surface area (Å²) in [6.45, 7) is 7.11. The van der Waals surface area contributed by atoms with E-state index >= 15 is 0 Å². The average molecular weight is 557 g/mol. The van der Waals surface area contributed by atoms with E-state index in [2.05, 4.69) is 26.3 Å². The number of guanidine groups is 1. The Morgan fingerprint density at radius 2 is 1.66 bits per heavy atom. The Labute approximate surface area is 205 Å². The fourth-order valence-electron chi connectivity index (χ4n) is 2.57. The van der Waals surface area contributed by atoms with Gasteiger partial charge in [-0.3, -0.25) is 15.1 Å². The predicted octanol–water partition coefficient (Wildman–Crippen LogP) is 3.38. The number of hydrogen-bond donors (Lipinski definition) is 4. The summed E-state index contributed by atoms with van der Waals surface area (Å²) in [7, 11) is 1.69. The lowest BCUT2D eigenvalue weighted by Gasteiger charge is -2.19. The van der Waals surface area contributed by atoms with Crippen molar-refractivity contribution in [3.05, 3.63) is 54.0 Å². The second-order valence-corrected chi connectivity index (χ2v) is 7.73. The van der Waals surface area contributed by atoms with Crippen molar-refractivity contribution in [3.8, 4) is 0 Å². The summed E-state index contributed by atoms with van der Waals surface area (Å²) >= 11 is 0. The van der Waals surface area contributed by atoms with Gasteiger partial charge in [-0.05, 0) is 57.0 Å². The smallest absolute Gasteiger partial charge is 0.412 e. The van der Waals surface area contributed by atoms with Crippen LogP contribution in [0.2, 0.25) is 0 Å². The normalized spacial score (nSPS) is 11.2. The number of carbonyl (C=O) groups is 2. The molecular formula is C22H32IN5O4. The highest BCUT2D eigenvalue weighted by Crippen LogP contribution is 2.13. The maximum atomic E-state index is 11.8. The monoisotopic (exact) mass is 557 g/mol. The van der Waals surface area contributed by atoms with Crippen LogP contribution in [0.5, 0.6) is 0 Å². The molecule has 32 heavy (non-hydrogen) atoms. The van der Waals surface area contributed by atoms with E-state index in [-0.39, 0.29) is 35.6 Å². The highest BCUT2D eigenvalue weighted by atomic mass is 127. The van der Waals surface area contributed by atoms with E-state index in [4.69, 9.17) is 9.15 Å². The Morgan fingerprint density at radius 3 is 2.25 bits per heavy atom. The fourth-order valence-corrected chi connectivity index (χ4v) is 2.57. The maximum Gasteiger partial charge on any atom is 0.412 e. The average Bonchev–Trinajstić information content (AvgIpc) is 3.24. The molecule has 0 aliphatic heterocycles. The van der Waals surface area contributed by atoms with Crippen molar-refractivity contribution in [2.75, 3.05) is 32.0 Å². The van der Waals surface area contributed by atoms with Crippen molar-refractivity contribution in [1.29, 1.82) is 0 Å². The van der Waals surface area contributed by atoms with Crippen LogP contribution in [0.3, 0.4) is 0 Å². The van der Waals surface area contributed by atoms with Crippen LogP contribution in [0.15, 0.2) is 52.1 Å². The number of nitrogens with zero attached hydrogens (tertiary/aromatic N) is 1. The Bertz CT molecular complexity index is 861. The van der Waals surface area contributed by atoms with E-state index in [0.29, 0.717) is 31.3 Å². The molecule has 0 bridgehead atoms. The Balaban J connectivity index is 0.00000512. The largest absolute Gasteiger partial charge is 0.459 e. The van der Waals surface area contributed by atoms with Gasteiger partial charge >= 0.3 is 6.09 Å². The Kier molecular flexibility index (Phi) is 11.6. The van der Waals surface area contributed by atoms with E-state index in [1.165, 1.54) is 6.26 Å². The number of carbonyl (C=O) groups excluding carboxylic acids is 2. The van der Waals surface area contributed by atoms with Crippen LogP contribution < -0.4 is 21.3 Å². The number of nitrogens with one attached hydrogen (secondary N) is 4. The summed E-state index contributed by atoms with van der Waals surface area (Å²) in [5.41, 5.74) is 1.26. The lowest BCUT2D eigenvalue weighted by Crippen LogP contribution is -2.42. The van der Waals surface area contributed by atoms with Gasteiger partial charge in [-0.25, -0.2) is 4.79 Å². The number of hydrogen-bond acceptors (Lipinski definition) is 5. The second kappa shape index (κ2) is 13.6. The molecule has 1 heterocycles. The molecule has 9 nitrogen and oxygen atoms in total. The van der Waals surface area contributed by atoms with Crippen molar-refractivity contribution < 1.29 is 18.7 Å². The number of benzene rings is 1. The summed E-state index contributed by atoms with van der Waals surface area (Å²) in [4.78, 5) is 27.8. The highest BCUT2D eigenvalue weighted by molar-refractivity contribution is 14.0. The van der Waals surface area contributed by atoms with Crippen LogP contribution in [0, 0.1) is 0 Å². The predicted molar refractivity (Wildman–Crippen MR) is 136 cm³/mol. The van der Waals surface area contributed by atoms with Crippen molar-refractivity contribution in [3.63, 3.8) is 0 Å². The first-order valence-electron chi connectivity index (χ1n) is 10.1. The van der Waals surface area contributed by atoms with Gasteiger partial charge in [0.1, 0.15) is 5.60 Å². The summed E-state index contributed by atoms with van der Waals surface area (Å²) in [5.74, 6) is 0.685. The van der Waals surface area contributed by atoms with Crippen molar-refractivity contribution in [1.82, 2.24) is 16.0 Å².